The number of amides is 3. The first-order chi connectivity index (χ1) is 16.9. The zero-order valence-electron chi connectivity index (χ0n) is 21.4. The zero-order valence-corrected chi connectivity index (χ0v) is 22.3. The molecule has 1 saturated carbocycles. The van der Waals surface area contributed by atoms with Gasteiger partial charge in [0.2, 0.25) is 11.8 Å². The Morgan fingerprint density at radius 2 is 1.81 bits per heavy atom. The molecule has 0 spiro atoms. The lowest BCUT2D eigenvalue weighted by atomic mass is 10.0. The van der Waals surface area contributed by atoms with E-state index in [9.17, 15) is 24.3 Å². The molecule has 4 unspecified atom stereocenters. The fourth-order valence-electron chi connectivity index (χ4n) is 3.70. The van der Waals surface area contributed by atoms with E-state index < -0.39 is 41.6 Å². The number of aromatic hydroxyl groups is 1. The van der Waals surface area contributed by atoms with Gasteiger partial charge in [-0.2, -0.15) is 12.6 Å². The Bertz CT molecular complexity index is 933. The number of benzene rings is 1. The van der Waals surface area contributed by atoms with Crippen molar-refractivity contribution in [3.05, 3.63) is 29.8 Å². The number of nitrogens with one attached hydrogen (secondary N) is 2. The second-order valence-electron chi connectivity index (χ2n) is 9.75. The van der Waals surface area contributed by atoms with E-state index in [4.69, 9.17) is 9.47 Å². The van der Waals surface area contributed by atoms with Crippen molar-refractivity contribution in [2.24, 2.45) is 5.92 Å². The number of hydrogen-bond donors (Lipinski definition) is 4. The molecule has 0 aliphatic heterocycles. The molecule has 36 heavy (non-hydrogen) atoms. The van der Waals surface area contributed by atoms with Gasteiger partial charge in [-0.25, -0.2) is 4.79 Å². The molecule has 0 bridgehead atoms. The molecular formula is C25H37N3O7S. The number of carbonyl (C=O) groups is 4. The molecule has 3 N–H and O–H groups in total. The topological polar surface area (TPSA) is 134 Å². The molecule has 1 aliphatic carbocycles. The Kier molecular flexibility index (Phi) is 10.4. The van der Waals surface area contributed by atoms with E-state index in [-0.39, 0.29) is 43.0 Å². The first-order valence-corrected chi connectivity index (χ1v) is 12.7. The number of nitrogens with zero attached hydrogens (tertiary/aromatic N) is 1. The highest BCUT2D eigenvalue weighted by atomic mass is 32.1. The summed E-state index contributed by atoms with van der Waals surface area (Å²) in [5.41, 5.74) is -0.282. The fourth-order valence-corrected chi connectivity index (χ4v) is 3.95. The number of hydrogen-bond acceptors (Lipinski definition) is 8. The molecule has 11 heteroatoms. The Hall–Kier alpha value is -2.95. The van der Waals surface area contributed by atoms with Crippen LogP contribution < -0.4 is 10.6 Å². The molecule has 10 nitrogen and oxygen atoms in total. The highest BCUT2D eigenvalue weighted by molar-refractivity contribution is 7.80. The van der Waals surface area contributed by atoms with E-state index in [1.54, 1.807) is 39.8 Å². The summed E-state index contributed by atoms with van der Waals surface area (Å²) in [4.78, 5) is 52.7. The van der Waals surface area contributed by atoms with Crippen LogP contribution >= 0.6 is 12.6 Å². The molecule has 1 fully saturated rings. The quantitative estimate of drug-likeness (QED) is 0.259. The van der Waals surface area contributed by atoms with Gasteiger partial charge in [0.1, 0.15) is 23.4 Å². The number of phenols is 1. The summed E-state index contributed by atoms with van der Waals surface area (Å²) in [6.07, 6.45) is -0.101. The van der Waals surface area contributed by atoms with Crippen LogP contribution in [0, 0.1) is 5.92 Å². The summed E-state index contributed by atoms with van der Waals surface area (Å²) in [6, 6.07) is 3.66. The molecule has 2 rings (SSSR count). The summed E-state index contributed by atoms with van der Waals surface area (Å²) >= 11 is 4.26. The maximum atomic E-state index is 13.8. The van der Waals surface area contributed by atoms with Crippen LogP contribution in [0.3, 0.4) is 0 Å². The van der Waals surface area contributed by atoms with E-state index in [1.165, 1.54) is 17.0 Å². The summed E-state index contributed by atoms with van der Waals surface area (Å²) in [7, 11) is 0. The highest BCUT2D eigenvalue weighted by Crippen LogP contribution is 2.41. The first-order valence-electron chi connectivity index (χ1n) is 12.0. The highest BCUT2D eigenvalue weighted by Gasteiger charge is 2.48. The molecule has 0 aromatic heterocycles. The molecule has 0 heterocycles. The van der Waals surface area contributed by atoms with Gasteiger partial charge in [0.05, 0.1) is 13.0 Å². The Labute approximate surface area is 217 Å². The summed E-state index contributed by atoms with van der Waals surface area (Å²) in [5, 5.41) is 15.0. The maximum absolute atomic E-state index is 13.8. The van der Waals surface area contributed by atoms with Crippen molar-refractivity contribution in [2.45, 2.75) is 71.2 Å². The van der Waals surface area contributed by atoms with Gasteiger partial charge in [0, 0.05) is 18.3 Å². The standard InChI is InChI=1S/C25H37N3O7S/c1-6-34-20(30)11-12-26-22(31)21(16-7-9-17(29)10-8-16)28(19-13-15(19)2)23(32)18(14-36)27-24(33)35-25(3,4)5/h7-10,15,18-19,21,29,36H,6,11-14H2,1-5H3,(H,26,31)(H,27,33). The number of esters is 1. The van der Waals surface area contributed by atoms with Crippen LogP contribution in [0.2, 0.25) is 0 Å². The molecular weight excluding hydrogens is 486 g/mol. The Morgan fingerprint density at radius 3 is 2.31 bits per heavy atom. The van der Waals surface area contributed by atoms with Gasteiger partial charge in [-0.3, -0.25) is 14.4 Å². The normalized spacial score (nSPS) is 18.4. The van der Waals surface area contributed by atoms with Crippen LogP contribution in [0.4, 0.5) is 4.79 Å². The van der Waals surface area contributed by atoms with Gasteiger partial charge >= 0.3 is 12.1 Å². The Morgan fingerprint density at radius 1 is 1.19 bits per heavy atom. The van der Waals surface area contributed by atoms with Crippen molar-refractivity contribution < 1.29 is 33.8 Å². The smallest absolute Gasteiger partial charge is 0.408 e. The average molecular weight is 524 g/mol. The van der Waals surface area contributed by atoms with Gasteiger partial charge in [0.15, 0.2) is 0 Å². The lowest BCUT2D eigenvalue weighted by Gasteiger charge is -2.34. The zero-order chi connectivity index (χ0) is 27.0. The van der Waals surface area contributed by atoms with Crippen LogP contribution in [-0.4, -0.2) is 70.5 Å². The van der Waals surface area contributed by atoms with Crippen LogP contribution in [0.1, 0.15) is 59.1 Å². The van der Waals surface area contributed by atoms with Gasteiger partial charge in [0.25, 0.3) is 0 Å². The number of rotatable bonds is 11. The molecule has 1 aromatic rings. The van der Waals surface area contributed by atoms with E-state index in [2.05, 4.69) is 23.3 Å². The van der Waals surface area contributed by atoms with Crippen molar-refractivity contribution >= 4 is 36.5 Å². The van der Waals surface area contributed by atoms with Gasteiger partial charge < -0.3 is 30.1 Å². The number of thiol groups is 1. The third-order valence-electron chi connectivity index (χ3n) is 5.52. The van der Waals surface area contributed by atoms with Crippen molar-refractivity contribution in [1.82, 2.24) is 15.5 Å². The molecule has 1 aromatic carbocycles. The van der Waals surface area contributed by atoms with E-state index in [0.29, 0.717) is 12.0 Å². The molecule has 4 atom stereocenters. The number of phenolic OH excluding ortho intramolecular Hbond substituents is 1. The van der Waals surface area contributed by atoms with Crippen LogP contribution in [0.5, 0.6) is 5.75 Å². The maximum Gasteiger partial charge on any atom is 0.408 e. The van der Waals surface area contributed by atoms with Crippen molar-refractivity contribution in [3.8, 4) is 5.75 Å². The predicted molar refractivity (Wildman–Crippen MR) is 137 cm³/mol. The SMILES string of the molecule is CCOC(=O)CCNC(=O)C(c1ccc(O)cc1)N(C(=O)C(CS)NC(=O)OC(C)(C)C)C1CC1C. The average Bonchev–Trinajstić information content (AvgIpc) is 3.50. The van der Waals surface area contributed by atoms with E-state index >= 15 is 0 Å². The van der Waals surface area contributed by atoms with Crippen LogP contribution in [0.25, 0.3) is 0 Å². The number of alkyl carbamates (subject to hydrolysis) is 1. The first kappa shape index (κ1) is 29.3. The minimum Gasteiger partial charge on any atom is -0.508 e. The summed E-state index contributed by atoms with van der Waals surface area (Å²) < 4.78 is 10.2. The predicted octanol–water partition coefficient (Wildman–Crippen LogP) is 2.56. The third-order valence-corrected chi connectivity index (χ3v) is 5.88. The van der Waals surface area contributed by atoms with Crippen LogP contribution in [0.15, 0.2) is 24.3 Å². The van der Waals surface area contributed by atoms with E-state index in [1.807, 2.05) is 6.92 Å². The van der Waals surface area contributed by atoms with Gasteiger partial charge in [-0.15, -0.1) is 0 Å². The lowest BCUT2D eigenvalue weighted by molar-refractivity contribution is -0.144. The summed E-state index contributed by atoms with van der Waals surface area (Å²) in [5.74, 6) is -1.28. The second kappa shape index (κ2) is 12.8. The number of carbonyl (C=O) groups excluding carboxylic acids is 4. The molecule has 3 amide bonds. The minimum absolute atomic E-state index is 0.0115. The number of ether oxygens (including phenoxy) is 2. The molecule has 1 aliphatic rings. The fraction of sp³-hybridized carbons (Fsp3) is 0.600. The lowest BCUT2D eigenvalue weighted by Crippen LogP contribution is -2.54. The Balaban J connectivity index is 2.34. The largest absolute Gasteiger partial charge is 0.508 e. The summed E-state index contributed by atoms with van der Waals surface area (Å²) in [6.45, 7) is 9.06. The van der Waals surface area contributed by atoms with Crippen molar-refractivity contribution in [3.63, 3.8) is 0 Å². The second-order valence-corrected chi connectivity index (χ2v) is 10.1. The van der Waals surface area contributed by atoms with Crippen LogP contribution in [-0.2, 0) is 23.9 Å². The van der Waals surface area contributed by atoms with Crippen molar-refractivity contribution in [1.29, 1.82) is 0 Å². The molecule has 0 saturated heterocycles. The monoisotopic (exact) mass is 523 g/mol. The van der Waals surface area contributed by atoms with E-state index in [0.717, 1.165) is 0 Å². The van der Waals surface area contributed by atoms with Crippen molar-refractivity contribution in [2.75, 3.05) is 18.9 Å². The van der Waals surface area contributed by atoms with Gasteiger partial charge in [-0.05, 0) is 57.7 Å². The molecule has 200 valence electrons. The minimum atomic E-state index is -1.06. The third kappa shape index (κ3) is 8.61. The molecule has 0 radical (unpaired) electrons. The van der Waals surface area contributed by atoms with Gasteiger partial charge in [-0.1, -0.05) is 19.1 Å².